The molecule has 0 heterocycles. The lowest BCUT2D eigenvalue weighted by Gasteiger charge is -2.03. The quantitative estimate of drug-likeness (QED) is 0.139. The molecule has 0 aromatic heterocycles. The topological polar surface area (TPSA) is 60.2 Å². The first kappa shape index (κ1) is 19.3. The smallest absolute Gasteiger partial charge is 0.280 e. The molecule has 0 aliphatic heterocycles. The van der Waals surface area contributed by atoms with Crippen LogP contribution < -0.4 is 0 Å². The van der Waals surface area contributed by atoms with E-state index >= 15 is 0 Å². The average Bonchev–Trinajstić information content (AvgIpc) is 2.66. The van der Waals surface area contributed by atoms with Crippen LogP contribution in [0.4, 0.5) is 5.69 Å². The summed E-state index contributed by atoms with van der Waals surface area (Å²) in [5.41, 5.74) is 2.06. The lowest BCUT2D eigenvalue weighted by atomic mass is 10.0. The van der Waals surface area contributed by atoms with E-state index in [0.717, 1.165) is 36.8 Å². The monoisotopic (exact) mass is 349 g/mol. The second-order valence-corrected chi connectivity index (χ2v) is 6.06. The van der Waals surface area contributed by atoms with Crippen molar-refractivity contribution in [2.24, 2.45) is 0 Å². The largest absolute Gasteiger partial charge is 0.289 e. The maximum atomic E-state index is 12.4. The predicted molar refractivity (Wildman–Crippen MR) is 105 cm³/mol. The van der Waals surface area contributed by atoms with Crippen LogP contribution in [0.1, 0.15) is 48.5 Å². The van der Waals surface area contributed by atoms with Gasteiger partial charge in [-0.05, 0) is 36.1 Å². The Kier molecular flexibility index (Phi) is 7.49. The van der Waals surface area contributed by atoms with E-state index in [2.05, 4.69) is 13.0 Å². The van der Waals surface area contributed by atoms with Gasteiger partial charge in [0.2, 0.25) is 0 Å². The van der Waals surface area contributed by atoms with Gasteiger partial charge >= 0.3 is 0 Å². The molecule has 2 aromatic rings. The van der Waals surface area contributed by atoms with E-state index in [1.54, 1.807) is 18.2 Å². The molecule has 0 unspecified atom stereocenters. The van der Waals surface area contributed by atoms with Gasteiger partial charge in [0.05, 0.1) is 10.5 Å². The van der Waals surface area contributed by atoms with E-state index < -0.39 is 4.92 Å². The van der Waals surface area contributed by atoms with Crippen molar-refractivity contribution >= 4 is 17.5 Å². The van der Waals surface area contributed by atoms with Crippen molar-refractivity contribution < 1.29 is 9.72 Å². The normalized spacial score (nSPS) is 11.7. The highest BCUT2D eigenvalue weighted by Crippen LogP contribution is 2.20. The fraction of sp³-hybridized carbons (Fsp3) is 0.227. The van der Waals surface area contributed by atoms with E-state index in [4.69, 9.17) is 0 Å². The number of allylic oxidation sites excluding steroid dienone is 3. The summed E-state index contributed by atoms with van der Waals surface area (Å²) in [4.78, 5) is 23.0. The number of rotatable bonds is 9. The fourth-order valence-electron chi connectivity index (χ4n) is 2.66. The van der Waals surface area contributed by atoms with Crippen molar-refractivity contribution in [2.75, 3.05) is 0 Å². The summed E-state index contributed by atoms with van der Waals surface area (Å²) in [5, 5.41) is 11.1. The van der Waals surface area contributed by atoms with Crippen LogP contribution in [-0.2, 0) is 0 Å². The Bertz CT molecular complexity index is 807. The Balaban J connectivity index is 2.23. The second-order valence-electron chi connectivity index (χ2n) is 6.06. The Morgan fingerprint density at radius 3 is 2.38 bits per heavy atom. The number of nitro groups is 1. The van der Waals surface area contributed by atoms with Crippen LogP contribution in [0.25, 0.3) is 6.08 Å². The minimum absolute atomic E-state index is 0.112. The predicted octanol–water partition coefficient (Wildman–Crippen LogP) is 6.00. The zero-order valence-electron chi connectivity index (χ0n) is 14.9. The molecule has 26 heavy (non-hydrogen) atoms. The van der Waals surface area contributed by atoms with E-state index in [1.165, 1.54) is 18.2 Å². The number of benzene rings is 2. The highest BCUT2D eigenvalue weighted by molar-refractivity contribution is 6.07. The number of hydrogen-bond acceptors (Lipinski definition) is 3. The lowest BCUT2D eigenvalue weighted by Crippen LogP contribution is -2.01. The third kappa shape index (κ3) is 5.81. The Hall–Kier alpha value is -3.01. The molecule has 2 aromatic carbocycles. The molecule has 0 atom stereocenters. The van der Waals surface area contributed by atoms with Crippen LogP contribution in [0.15, 0.2) is 72.3 Å². The first-order valence-electron chi connectivity index (χ1n) is 8.83. The van der Waals surface area contributed by atoms with Gasteiger partial charge in [-0.2, -0.15) is 0 Å². The van der Waals surface area contributed by atoms with Gasteiger partial charge in [0, 0.05) is 6.07 Å². The van der Waals surface area contributed by atoms with Gasteiger partial charge in [-0.25, -0.2) is 0 Å². The van der Waals surface area contributed by atoms with E-state index in [-0.39, 0.29) is 17.0 Å². The molecule has 0 aliphatic carbocycles. The minimum atomic E-state index is -0.525. The summed E-state index contributed by atoms with van der Waals surface area (Å²) >= 11 is 0. The number of carbonyl (C=O) groups excluding carboxylic acids is 1. The van der Waals surface area contributed by atoms with Crippen molar-refractivity contribution in [3.8, 4) is 0 Å². The molecule has 0 amide bonds. The highest BCUT2D eigenvalue weighted by atomic mass is 16.6. The summed E-state index contributed by atoms with van der Waals surface area (Å²) in [6.45, 7) is 2.15. The molecule has 0 aliphatic rings. The van der Waals surface area contributed by atoms with Crippen LogP contribution in [0.5, 0.6) is 0 Å². The van der Waals surface area contributed by atoms with Gasteiger partial charge in [0.25, 0.3) is 5.69 Å². The maximum Gasteiger partial charge on any atom is 0.280 e. The number of ketones is 1. The van der Waals surface area contributed by atoms with Gasteiger partial charge in [-0.3, -0.25) is 14.9 Å². The molecule has 0 bridgehead atoms. The van der Waals surface area contributed by atoms with Crippen molar-refractivity contribution in [2.45, 2.75) is 32.6 Å². The summed E-state index contributed by atoms with van der Waals surface area (Å²) < 4.78 is 0. The summed E-state index contributed by atoms with van der Waals surface area (Å²) in [5.74, 6) is -0.355. The summed E-state index contributed by atoms with van der Waals surface area (Å²) in [6.07, 6.45) is 9.42. The number of hydrogen-bond donors (Lipinski definition) is 0. The molecule has 0 spiro atoms. The Morgan fingerprint density at radius 1 is 1.00 bits per heavy atom. The zero-order chi connectivity index (χ0) is 18.8. The molecule has 0 fully saturated rings. The number of unbranched alkanes of at least 4 members (excludes halogenated alkanes) is 2. The van der Waals surface area contributed by atoms with Crippen LogP contribution in [0.2, 0.25) is 0 Å². The van der Waals surface area contributed by atoms with Crippen LogP contribution in [0.3, 0.4) is 0 Å². The second kappa shape index (κ2) is 10.1. The average molecular weight is 349 g/mol. The van der Waals surface area contributed by atoms with Crippen LogP contribution in [-0.4, -0.2) is 10.7 Å². The van der Waals surface area contributed by atoms with Gasteiger partial charge in [0.15, 0.2) is 5.78 Å². The van der Waals surface area contributed by atoms with Crippen molar-refractivity contribution in [3.63, 3.8) is 0 Å². The molecule has 4 heteroatoms. The number of para-hydroxylation sites is 1. The first-order valence-corrected chi connectivity index (χ1v) is 8.83. The number of nitro benzene ring substituents is 1. The van der Waals surface area contributed by atoms with Crippen LogP contribution in [0, 0.1) is 10.1 Å². The molecule has 4 nitrogen and oxygen atoms in total. The Morgan fingerprint density at radius 2 is 1.69 bits per heavy atom. The van der Waals surface area contributed by atoms with Crippen molar-refractivity contribution in [1.29, 1.82) is 0 Å². The maximum absolute atomic E-state index is 12.4. The number of nitrogens with zero attached hydrogens (tertiary/aromatic N) is 1. The van der Waals surface area contributed by atoms with Gasteiger partial charge in [-0.15, -0.1) is 0 Å². The van der Waals surface area contributed by atoms with Gasteiger partial charge < -0.3 is 0 Å². The molecular formula is C22H23NO3. The molecule has 134 valence electrons. The first-order chi connectivity index (χ1) is 12.6. The molecule has 0 saturated carbocycles. The number of carbonyl (C=O) groups is 1. The van der Waals surface area contributed by atoms with Crippen LogP contribution >= 0.6 is 0 Å². The molecule has 2 rings (SSSR count). The molecule has 0 saturated heterocycles. The SMILES string of the molecule is CCCCCC(=C/c1ccccc1)/C=C/C(=O)c1ccccc1[N+](=O)[O-]. The summed E-state index contributed by atoms with van der Waals surface area (Å²) in [7, 11) is 0. The van der Waals surface area contributed by atoms with E-state index in [0.29, 0.717) is 0 Å². The van der Waals surface area contributed by atoms with Crippen molar-refractivity contribution in [1.82, 2.24) is 0 Å². The molecular weight excluding hydrogens is 326 g/mol. The third-order valence-electron chi connectivity index (χ3n) is 4.04. The third-order valence-corrected chi connectivity index (χ3v) is 4.04. The molecule has 0 N–H and O–H groups in total. The Labute approximate surface area is 154 Å². The van der Waals surface area contributed by atoms with Crippen molar-refractivity contribution in [3.05, 3.63) is 93.6 Å². The molecule has 0 radical (unpaired) electrons. The van der Waals surface area contributed by atoms with Gasteiger partial charge in [0.1, 0.15) is 0 Å². The van der Waals surface area contributed by atoms with E-state index in [9.17, 15) is 14.9 Å². The fourth-order valence-corrected chi connectivity index (χ4v) is 2.66. The minimum Gasteiger partial charge on any atom is -0.289 e. The highest BCUT2D eigenvalue weighted by Gasteiger charge is 2.16. The standard InChI is InChI=1S/C22H23NO3/c1-2-3-5-10-19(17-18-11-6-4-7-12-18)15-16-22(24)20-13-8-9-14-21(20)23(25)26/h4,6-9,11-17H,2-3,5,10H2,1H3/b16-15+,19-17-. The van der Waals surface area contributed by atoms with E-state index in [1.807, 2.05) is 30.3 Å². The lowest BCUT2D eigenvalue weighted by molar-refractivity contribution is -0.385. The van der Waals surface area contributed by atoms with Gasteiger partial charge in [-0.1, -0.05) is 74.4 Å². The zero-order valence-corrected chi connectivity index (χ0v) is 14.9. The summed E-state index contributed by atoms with van der Waals surface area (Å²) in [6, 6.07) is 16.0.